The van der Waals surface area contributed by atoms with Gasteiger partial charge in [0, 0.05) is 18.2 Å². The lowest BCUT2D eigenvalue weighted by Gasteiger charge is -2.32. The second-order valence-corrected chi connectivity index (χ2v) is 4.62. The van der Waals surface area contributed by atoms with Gasteiger partial charge in [-0.2, -0.15) is 0 Å². The maximum absolute atomic E-state index is 5.63. The van der Waals surface area contributed by atoms with Crippen molar-refractivity contribution < 1.29 is 14.2 Å². The van der Waals surface area contributed by atoms with Crippen LogP contribution in [0.25, 0.3) is 0 Å². The van der Waals surface area contributed by atoms with Crippen molar-refractivity contribution in [3.05, 3.63) is 17.2 Å². The number of likely N-dealkylation sites (N-methyl/N-ethyl adjacent to an activating group) is 1. The molecular weight excluding hydrogens is 218 g/mol. The van der Waals surface area contributed by atoms with Gasteiger partial charge in [-0.3, -0.25) is 4.90 Å². The highest BCUT2D eigenvalue weighted by Crippen LogP contribution is 2.49. The molecule has 4 nitrogen and oxygen atoms in total. The van der Waals surface area contributed by atoms with Gasteiger partial charge in [0.2, 0.25) is 12.5 Å². The average molecular weight is 235 g/mol. The second kappa shape index (κ2) is 3.81. The highest BCUT2D eigenvalue weighted by atomic mass is 16.7. The first kappa shape index (κ1) is 10.7. The zero-order valence-corrected chi connectivity index (χ0v) is 10.4. The Morgan fingerprint density at radius 1 is 1.35 bits per heavy atom. The molecule has 17 heavy (non-hydrogen) atoms. The Morgan fingerprint density at radius 2 is 2.12 bits per heavy atom. The molecule has 1 atom stereocenters. The molecule has 2 aliphatic rings. The molecule has 3 rings (SSSR count). The van der Waals surface area contributed by atoms with E-state index in [0.29, 0.717) is 12.8 Å². The van der Waals surface area contributed by atoms with Crippen LogP contribution in [0, 0.1) is 0 Å². The quantitative estimate of drug-likeness (QED) is 0.744. The van der Waals surface area contributed by atoms with Gasteiger partial charge >= 0.3 is 0 Å². The molecule has 0 saturated heterocycles. The van der Waals surface area contributed by atoms with Crippen molar-refractivity contribution >= 4 is 0 Å². The van der Waals surface area contributed by atoms with E-state index in [1.807, 2.05) is 0 Å². The van der Waals surface area contributed by atoms with E-state index in [1.54, 1.807) is 7.11 Å². The lowest BCUT2D eigenvalue weighted by molar-refractivity contribution is 0.167. The summed E-state index contributed by atoms with van der Waals surface area (Å²) in [6.45, 7) is 3.56. The van der Waals surface area contributed by atoms with E-state index in [9.17, 15) is 0 Å². The first-order valence-corrected chi connectivity index (χ1v) is 5.92. The smallest absolute Gasteiger partial charge is 0.231 e. The van der Waals surface area contributed by atoms with E-state index >= 15 is 0 Å². The van der Waals surface area contributed by atoms with E-state index in [2.05, 4.69) is 24.9 Å². The predicted molar refractivity (Wildman–Crippen MR) is 63.9 cm³/mol. The van der Waals surface area contributed by atoms with Crippen LogP contribution in [-0.2, 0) is 6.42 Å². The Balaban J connectivity index is 2.19. The number of fused-ring (bicyclic) bond motifs is 3. The zero-order valence-electron chi connectivity index (χ0n) is 10.4. The van der Waals surface area contributed by atoms with Gasteiger partial charge in [0.05, 0.1) is 7.11 Å². The van der Waals surface area contributed by atoms with Crippen LogP contribution in [-0.4, -0.2) is 32.4 Å². The monoisotopic (exact) mass is 235 g/mol. The van der Waals surface area contributed by atoms with Gasteiger partial charge in [-0.05, 0) is 32.0 Å². The summed E-state index contributed by atoms with van der Waals surface area (Å²) < 4.78 is 16.5. The summed E-state index contributed by atoms with van der Waals surface area (Å²) in [6.07, 6.45) is 1.03. The highest BCUT2D eigenvalue weighted by Gasteiger charge is 2.32. The van der Waals surface area contributed by atoms with E-state index in [1.165, 1.54) is 11.1 Å². The van der Waals surface area contributed by atoms with Gasteiger partial charge in [-0.15, -0.1) is 0 Å². The van der Waals surface area contributed by atoms with Crippen molar-refractivity contribution in [2.24, 2.45) is 0 Å². The molecule has 0 fully saturated rings. The molecule has 0 saturated carbocycles. The van der Waals surface area contributed by atoms with Crippen LogP contribution in [0.15, 0.2) is 6.07 Å². The van der Waals surface area contributed by atoms with Crippen molar-refractivity contribution in [1.29, 1.82) is 0 Å². The number of hydrogen-bond acceptors (Lipinski definition) is 4. The summed E-state index contributed by atoms with van der Waals surface area (Å²) >= 11 is 0. The molecule has 0 spiro atoms. The van der Waals surface area contributed by atoms with Crippen LogP contribution in [0.5, 0.6) is 17.2 Å². The van der Waals surface area contributed by atoms with E-state index in [4.69, 9.17) is 14.2 Å². The van der Waals surface area contributed by atoms with E-state index < -0.39 is 0 Å². The number of hydrogen-bond donors (Lipinski definition) is 0. The third-order valence-electron chi connectivity index (χ3n) is 3.77. The third kappa shape index (κ3) is 1.47. The minimum Gasteiger partial charge on any atom is -0.493 e. The SMILES string of the molecule is COc1cc2c(c3c1OCO3)[C@H](C)N(C)CC2. The van der Waals surface area contributed by atoms with Gasteiger partial charge in [0.1, 0.15) is 0 Å². The van der Waals surface area contributed by atoms with Crippen LogP contribution < -0.4 is 14.2 Å². The molecule has 0 bridgehead atoms. The summed E-state index contributed by atoms with van der Waals surface area (Å²) in [7, 11) is 3.81. The summed E-state index contributed by atoms with van der Waals surface area (Å²) in [4.78, 5) is 2.33. The van der Waals surface area contributed by atoms with Crippen LogP contribution in [0.4, 0.5) is 0 Å². The molecular formula is C13H17NO3. The molecule has 0 radical (unpaired) electrons. The van der Waals surface area contributed by atoms with Crippen molar-refractivity contribution in [2.45, 2.75) is 19.4 Å². The average Bonchev–Trinajstić information content (AvgIpc) is 2.81. The Bertz CT molecular complexity index is 458. The van der Waals surface area contributed by atoms with Crippen molar-refractivity contribution in [2.75, 3.05) is 27.5 Å². The Morgan fingerprint density at radius 3 is 2.88 bits per heavy atom. The number of methoxy groups -OCH3 is 1. The Labute approximate surface area is 101 Å². The number of nitrogens with zero attached hydrogens (tertiary/aromatic N) is 1. The fourth-order valence-electron chi connectivity index (χ4n) is 2.64. The lowest BCUT2D eigenvalue weighted by atomic mass is 9.92. The zero-order chi connectivity index (χ0) is 12.0. The molecule has 92 valence electrons. The first-order chi connectivity index (χ1) is 8.22. The molecule has 2 aliphatic heterocycles. The summed E-state index contributed by atoms with van der Waals surface area (Å²) in [5, 5.41) is 0. The minimum atomic E-state index is 0.290. The first-order valence-electron chi connectivity index (χ1n) is 5.92. The van der Waals surface area contributed by atoms with Crippen LogP contribution in [0.3, 0.4) is 0 Å². The van der Waals surface area contributed by atoms with Crippen LogP contribution in [0.1, 0.15) is 24.1 Å². The van der Waals surface area contributed by atoms with Crippen molar-refractivity contribution in [3.8, 4) is 17.2 Å². The standard InChI is InChI=1S/C13H17NO3/c1-8-11-9(4-5-14(8)2)6-10(15-3)12-13(11)17-7-16-12/h6,8H,4-5,7H2,1-3H3/t8-/m0/s1. The molecule has 0 aliphatic carbocycles. The lowest BCUT2D eigenvalue weighted by Crippen LogP contribution is -2.30. The maximum Gasteiger partial charge on any atom is 0.231 e. The Hall–Kier alpha value is -1.42. The Kier molecular flexibility index (Phi) is 2.40. The largest absolute Gasteiger partial charge is 0.493 e. The maximum atomic E-state index is 5.63. The summed E-state index contributed by atoms with van der Waals surface area (Å²) in [5.74, 6) is 2.42. The fraction of sp³-hybridized carbons (Fsp3) is 0.538. The van der Waals surface area contributed by atoms with Gasteiger partial charge in [0.25, 0.3) is 0 Å². The fourth-order valence-corrected chi connectivity index (χ4v) is 2.64. The highest BCUT2D eigenvalue weighted by molar-refractivity contribution is 5.61. The van der Waals surface area contributed by atoms with E-state index in [0.717, 1.165) is 30.2 Å². The molecule has 4 heteroatoms. The van der Waals surface area contributed by atoms with Gasteiger partial charge < -0.3 is 14.2 Å². The number of benzene rings is 1. The van der Waals surface area contributed by atoms with Crippen LogP contribution >= 0.6 is 0 Å². The second-order valence-electron chi connectivity index (χ2n) is 4.62. The molecule has 0 N–H and O–H groups in total. The topological polar surface area (TPSA) is 30.9 Å². The minimum absolute atomic E-state index is 0.290. The molecule has 0 aromatic heterocycles. The summed E-state index contributed by atoms with van der Waals surface area (Å²) in [6, 6.07) is 2.45. The number of rotatable bonds is 1. The molecule has 1 aromatic rings. The summed E-state index contributed by atoms with van der Waals surface area (Å²) in [5.41, 5.74) is 2.57. The van der Waals surface area contributed by atoms with Crippen LogP contribution in [0.2, 0.25) is 0 Å². The van der Waals surface area contributed by atoms with Crippen molar-refractivity contribution in [1.82, 2.24) is 4.90 Å². The van der Waals surface area contributed by atoms with Gasteiger partial charge in [-0.1, -0.05) is 0 Å². The predicted octanol–water partition coefficient (Wildman–Crippen LogP) is 1.97. The van der Waals surface area contributed by atoms with Gasteiger partial charge in [0.15, 0.2) is 11.5 Å². The number of ether oxygens (including phenoxy) is 3. The van der Waals surface area contributed by atoms with E-state index in [-0.39, 0.29) is 0 Å². The third-order valence-corrected chi connectivity index (χ3v) is 3.77. The van der Waals surface area contributed by atoms with Gasteiger partial charge in [-0.25, -0.2) is 0 Å². The molecule has 1 aromatic carbocycles. The van der Waals surface area contributed by atoms with Crippen molar-refractivity contribution in [3.63, 3.8) is 0 Å². The molecule has 2 heterocycles. The normalized spacial score (nSPS) is 22.4. The molecule has 0 amide bonds. The molecule has 0 unspecified atom stereocenters.